The van der Waals surface area contributed by atoms with Gasteiger partial charge >= 0.3 is 12.1 Å². The van der Waals surface area contributed by atoms with E-state index in [1.807, 2.05) is 0 Å². The van der Waals surface area contributed by atoms with Gasteiger partial charge in [0, 0.05) is 43.9 Å². The average Bonchev–Trinajstić information content (AvgIpc) is 2.90. The highest BCUT2D eigenvalue weighted by atomic mass is 16.6. The Kier molecular flexibility index (Phi) is 9.36. The van der Waals surface area contributed by atoms with Crippen molar-refractivity contribution in [1.82, 2.24) is 25.1 Å². The van der Waals surface area contributed by atoms with E-state index in [1.54, 1.807) is 45.2 Å². The molecule has 1 aromatic carbocycles. The lowest BCUT2D eigenvalue weighted by atomic mass is 10.1. The van der Waals surface area contributed by atoms with Gasteiger partial charge in [-0.05, 0) is 50.6 Å². The number of nitrogens with zero attached hydrogens (tertiary/aromatic N) is 4. The highest BCUT2D eigenvalue weighted by Gasteiger charge is 2.31. The van der Waals surface area contributed by atoms with E-state index >= 15 is 0 Å². The Hall–Kier alpha value is -4.22. The molecule has 1 atom stereocenters. The number of aliphatic carboxylic acids is 1. The van der Waals surface area contributed by atoms with Gasteiger partial charge in [0.2, 0.25) is 5.91 Å². The predicted molar refractivity (Wildman–Crippen MR) is 132 cm³/mol. The van der Waals surface area contributed by atoms with Crippen LogP contribution in [-0.4, -0.2) is 94.7 Å². The average molecular weight is 514 g/mol. The van der Waals surface area contributed by atoms with Crippen LogP contribution in [-0.2, 0) is 14.3 Å². The first-order valence-corrected chi connectivity index (χ1v) is 11.9. The molecule has 0 aliphatic carbocycles. The second kappa shape index (κ2) is 12.7. The Morgan fingerprint density at radius 2 is 1.70 bits per heavy atom. The molecule has 2 aromatic rings. The second-order valence-corrected chi connectivity index (χ2v) is 8.42. The van der Waals surface area contributed by atoms with Crippen LogP contribution >= 0.6 is 0 Å². The van der Waals surface area contributed by atoms with Crippen molar-refractivity contribution < 1.29 is 33.8 Å². The number of rotatable bonds is 9. The van der Waals surface area contributed by atoms with E-state index < -0.39 is 29.9 Å². The van der Waals surface area contributed by atoms with Gasteiger partial charge < -0.3 is 29.7 Å². The zero-order chi connectivity index (χ0) is 26.9. The fraction of sp³-hybridized carbons (Fsp3) is 0.440. The number of nitrogens with one attached hydrogen (secondary N) is 1. The zero-order valence-corrected chi connectivity index (χ0v) is 21.1. The molecule has 1 aromatic heterocycles. The maximum atomic E-state index is 13.2. The first-order valence-electron chi connectivity index (χ1n) is 11.9. The Balaban J connectivity index is 1.74. The van der Waals surface area contributed by atoms with Gasteiger partial charge in [-0.15, -0.1) is 0 Å². The van der Waals surface area contributed by atoms with Gasteiger partial charge in [0.05, 0.1) is 13.7 Å². The van der Waals surface area contributed by atoms with Crippen molar-refractivity contribution in [2.24, 2.45) is 0 Å². The highest BCUT2D eigenvalue weighted by Crippen LogP contribution is 2.20. The standard InChI is InChI=1S/C25H31N5O7/c1-4-37-25(35)30-13-11-29(12-14-30)24(34)19(9-10-21(31)32)28-23(33)20-15-16(2)26-22(27-20)17-5-7-18(36-3)8-6-17/h5-8,15,19H,4,9-14H2,1-3H3,(H,28,33)(H,31,32)/t19-/m0/s1. The van der Waals surface area contributed by atoms with Crippen molar-refractivity contribution >= 4 is 23.9 Å². The molecule has 0 bridgehead atoms. The van der Waals surface area contributed by atoms with Gasteiger partial charge in [0.25, 0.3) is 5.91 Å². The van der Waals surface area contributed by atoms with Gasteiger partial charge in [-0.2, -0.15) is 0 Å². The molecule has 12 nitrogen and oxygen atoms in total. The number of carbonyl (C=O) groups excluding carboxylic acids is 3. The molecule has 3 amide bonds. The minimum atomic E-state index is -1.08. The Morgan fingerprint density at radius 3 is 2.30 bits per heavy atom. The Bertz CT molecular complexity index is 1130. The third-order valence-electron chi connectivity index (χ3n) is 5.80. The van der Waals surface area contributed by atoms with Crippen LogP contribution in [0.5, 0.6) is 5.75 Å². The first-order chi connectivity index (χ1) is 17.7. The number of methoxy groups -OCH3 is 1. The zero-order valence-electron chi connectivity index (χ0n) is 21.1. The predicted octanol–water partition coefficient (Wildman–Crippen LogP) is 1.72. The number of hydrogen-bond acceptors (Lipinski definition) is 8. The van der Waals surface area contributed by atoms with Crippen LogP contribution in [0.15, 0.2) is 30.3 Å². The Morgan fingerprint density at radius 1 is 1.05 bits per heavy atom. The maximum Gasteiger partial charge on any atom is 0.409 e. The second-order valence-electron chi connectivity index (χ2n) is 8.42. The molecular weight excluding hydrogens is 482 g/mol. The highest BCUT2D eigenvalue weighted by molar-refractivity contribution is 5.96. The van der Waals surface area contributed by atoms with E-state index in [0.29, 0.717) is 22.8 Å². The van der Waals surface area contributed by atoms with E-state index in [0.717, 1.165) is 0 Å². The summed E-state index contributed by atoms with van der Waals surface area (Å²) in [6.07, 6.45) is -0.843. The quantitative estimate of drug-likeness (QED) is 0.511. The van der Waals surface area contributed by atoms with E-state index in [-0.39, 0.29) is 51.3 Å². The number of hydrogen-bond donors (Lipinski definition) is 2. The largest absolute Gasteiger partial charge is 0.497 e. The van der Waals surface area contributed by atoms with E-state index in [1.165, 1.54) is 15.9 Å². The molecule has 1 saturated heterocycles. The van der Waals surface area contributed by atoms with Crippen molar-refractivity contribution in [2.75, 3.05) is 39.9 Å². The van der Waals surface area contributed by atoms with E-state index in [9.17, 15) is 19.2 Å². The molecule has 198 valence electrons. The summed E-state index contributed by atoms with van der Waals surface area (Å²) in [5.41, 5.74) is 1.28. The van der Waals surface area contributed by atoms with Crippen molar-refractivity contribution in [3.8, 4) is 17.1 Å². The molecule has 37 heavy (non-hydrogen) atoms. The monoisotopic (exact) mass is 513 g/mol. The van der Waals surface area contributed by atoms with Crippen LogP contribution < -0.4 is 10.1 Å². The topological polar surface area (TPSA) is 151 Å². The lowest BCUT2D eigenvalue weighted by molar-refractivity contribution is -0.138. The van der Waals surface area contributed by atoms with Crippen molar-refractivity contribution in [2.45, 2.75) is 32.7 Å². The van der Waals surface area contributed by atoms with Crippen molar-refractivity contribution in [3.05, 3.63) is 41.7 Å². The number of carboxylic acid groups (broad SMARTS) is 1. The number of amides is 3. The first kappa shape index (κ1) is 27.4. The minimum Gasteiger partial charge on any atom is -0.497 e. The molecule has 1 fully saturated rings. The number of carbonyl (C=O) groups is 4. The molecular formula is C25H31N5O7. The summed E-state index contributed by atoms with van der Waals surface area (Å²) in [7, 11) is 1.56. The number of piperazine rings is 1. The summed E-state index contributed by atoms with van der Waals surface area (Å²) >= 11 is 0. The summed E-state index contributed by atoms with van der Waals surface area (Å²) in [6, 6.07) is 7.47. The summed E-state index contributed by atoms with van der Waals surface area (Å²) in [5, 5.41) is 11.8. The Labute approximate surface area is 214 Å². The molecule has 3 rings (SSSR count). The maximum absolute atomic E-state index is 13.2. The SMILES string of the molecule is CCOC(=O)N1CCN(C(=O)[C@H](CCC(=O)O)NC(=O)c2cc(C)nc(-c3ccc(OC)cc3)n2)CC1. The minimum absolute atomic E-state index is 0.0542. The summed E-state index contributed by atoms with van der Waals surface area (Å²) in [5.74, 6) is -1.12. The fourth-order valence-corrected chi connectivity index (χ4v) is 3.86. The van der Waals surface area contributed by atoms with E-state index in [4.69, 9.17) is 14.6 Å². The van der Waals surface area contributed by atoms with Crippen LogP contribution in [0.2, 0.25) is 0 Å². The number of ether oxygens (including phenoxy) is 2. The van der Waals surface area contributed by atoms with Crippen LogP contribution in [0.3, 0.4) is 0 Å². The summed E-state index contributed by atoms with van der Waals surface area (Å²) in [4.78, 5) is 61.3. The van der Waals surface area contributed by atoms with Gasteiger partial charge in [-0.3, -0.25) is 14.4 Å². The molecule has 1 aliphatic heterocycles. The molecule has 0 radical (unpaired) electrons. The fourth-order valence-electron chi connectivity index (χ4n) is 3.86. The molecule has 0 spiro atoms. The smallest absolute Gasteiger partial charge is 0.409 e. The third kappa shape index (κ3) is 7.38. The van der Waals surface area contributed by atoms with Crippen LogP contribution in [0, 0.1) is 6.92 Å². The van der Waals surface area contributed by atoms with E-state index in [2.05, 4.69) is 15.3 Å². The molecule has 12 heteroatoms. The van der Waals surface area contributed by atoms with Gasteiger partial charge in [-0.1, -0.05) is 0 Å². The van der Waals surface area contributed by atoms with Crippen LogP contribution in [0.1, 0.15) is 35.9 Å². The third-order valence-corrected chi connectivity index (χ3v) is 5.80. The van der Waals surface area contributed by atoms with Crippen LogP contribution in [0.25, 0.3) is 11.4 Å². The molecule has 2 heterocycles. The van der Waals surface area contributed by atoms with Crippen molar-refractivity contribution in [1.29, 1.82) is 0 Å². The summed E-state index contributed by atoms with van der Waals surface area (Å²) < 4.78 is 10.2. The molecule has 0 saturated carbocycles. The molecule has 1 aliphatic rings. The normalized spacial score (nSPS) is 14.0. The van der Waals surface area contributed by atoms with Crippen LogP contribution in [0.4, 0.5) is 4.79 Å². The number of aromatic nitrogens is 2. The lowest BCUT2D eigenvalue weighted by Gasteiger charge is -2.35. The summed E-state index contributed by atoms with van der Waals surface area (Å²) in [6.45, 7) is 4.73. The van der Waals surface area contributed by atoms with Gasteiger partial charge in [0.1, 0.15) is 17.5 Å². The van der Waals surface area contributed by atoms with Gasteiger partial charge in [-0.25, -0.2) is 14.8 Å². The lowest BCUT2D eigenvalue weighted by Crippen LogP contribution is -2.56. The molecule has 0 unspecified atom stereocenters. The number of aryl methyl sites for hydroxylation is 1. The number of benzene rings is 1. The number of carboxylic acids is 1. The molecule has 2 N–H and O–H groups in total. The van der Waals surface area contributed by atoms with Gasteiger partial charge in [0.15, 0.2) is 5.82 Å². The van der Waals surface area contributed by atoms with Crippen molar-refractivity contribution in [3.63, 3.8) is 0 Å².